The van der Waals surface area contributed by atoms with Crippen molar-refractivity contribution in [3.63, 3.8) is 0 Å². The molecule has 1 N–H and O–H groups in total. The number of aromatic nitrogens is 2. The van der Waals surface area contributed by atoms with Gasteiger partial charge in [0, 0.05) is 11.1 Å². The number of para-hydroxylation sites is 3. The van der Waals surface area contributed by atoms with E-state index < -0.39 is 23.8 Å². The standard InChI is InChI=1S/C33H36N4O7/c1-6-40-27-17-10-8-13-24(27)30-34-29(36-42-30)23-15-12-14-22-21(23)19-20-25(22)37(26-16-9-11-18-28(26)41-7-2)32(39)44-43-31(38)35-33(3,4)5/h8-18,25H,6-7,19-20H2,1-5H3,(H,35,38). The first-order valence-corrected chi connectivity index (χ1v) is 14.6. The molecule has 1 aliphatic rings. The molecule has 230 valence electrons. The van der Waals surface area contributed by atoms with E-state index in [1.165, 1.54) is 4.90 Å². The lowest BCUT2D eigenvalue weighted by Crippen LogP contribution is -2.42. The molecule has 4 aromatic rings. The van der Waals surface area contributed by atoms with Crippen LogP contribution in [0.2, 0.25) is 0 Å². The summed E-state index contributed by atoms with van der Waals surface area (Å²) >= 11 is 0. The van der Waals surface area contributed by atoms with Gasteiger partial charge in [-0.1, -0.05) is 47.6 Å². The second kappa shape index (κ2) is 13.1. The molecule has 1 unspecified atom stereocenters. The molecule has 1 aliphatic carbocycles. The third kappa shape index (κ3) is 6.61. The Kier molecular flexibility index (Phi) is 9.03. The van der Waals surface area contributed by atoms with E-state index in [9.17, 15) is 9.59 Å². The molecule has 0 saturated heterocycles. The number of carbonyl (C=O) groups excluding carboxylic acids is 2. The minimum absolute atomic E-state index is 0.345. The largest absolute Gasteiger partial charge is 0.493 e. The van der Waals surface area contributed by atoms with Gasteiger partial charge in [0.05, 0.1) is 30.5 Å². The van der Waals surface area contributed by atoms with Crippen molar-refractivity contribution in [2.75, 3.05) is 18.1 Å². The quantitative estimate of drug-likeness (QED) is 0.164. The predicted octanol–water partition coefficient (Wildman–Crippen LogP) is 7.27. The molecule has 0 fully saturated rings. The van der Waals surface area contributed by atoms with E-state index in [2.05, 4.69) is 10.5 Å². The number of fused-ring (bicyclic) bond motifs is 1. The number of rotatable bonds is 8. The normalized spacial score (nSPS) is 14.0. The summed E-state index contributed by atoms with van der Waals surface area (Å²) in [6, 6.07) is 20.0. The van der Waals surface area contributed by atoms with E-state index in [4.69, 9.17) is 28.8 Å². The van der Waals surface area contributed by atoms with Gasteiger partial charge in [-0.05, 0) is 82.9 Å². The van der Waals surface area contributed by atoms with Crippen molar-refractivity contribution in [3.8, 4) is 34.3 Å². The zero-order valence-corrected chi connectivity index (χ0v) is 25.5. The number of benzene rings is 3. The van der Waals surface area contributed by atoms with Gasteiger partial charge in [0.2, 0.25) is 5.82 Å². The molecule has 1 heterocycles. The second-order valence-electron chi connectivity index (χ2n) is 11.1. The number of hydrogen-bond acceptors (Lipinski definition) is 9. The highest BCUT2D eigenvalue weighted by Gasteiger charge is 2.37. The molecule has 0 aliphatic heterocycles. The van der Waals surface area contributed by atoms with Crippen molar-refractivity contribution in [3.05, 3.63) is 77.9 Å². The predicted molar refractivity (Wildman–Crippen MR) is 163 cm³/mol. The highest BCUT2D eigenvalue weighted by Crippen LogP contribution is 2.44. The van der Waals surface area contributed by atoms with Crippen molar-refractivity contribution < 1.29 is 33.4 Å². The highest BCUT2D eigenvalue weighted by atomic mass is 17.2. The Labute approximate surface area is 256 Å². The van der Waals surface area contributed by atoms with E-state index in [1.807, 2.05) is 62.4 Å². The number of nitrogens with one attached hydrogen (secondary N) is 1. The van der Waals surface area contributed by atoms with Crippen molar-refractivity contribution >= 4 is 17.9 Å². The summed E-state index contributed by atoms with van der Waals surface area (Å²) in [4.78, 5) is 42.1. The molecule has 2 amide bonds. The Morgan fingerprint density at radius 2 is 1.59 bits per heavy atom. The minimum atomic E-state index is -0.878. The maximum Gasteiger partial charge on any atom is 0.458 e. The first kappa shape index (κ1) is 30.4. The maximum atomic E-state index is 13.7. The molecule has 0 bridgehead atoms. The van der Waals surface area contributed by atoms with Crippen molar-refractivity contribution in [1.29, 1.82) is 0 Å². The van der Waals surface area contributed by atoms with Crippen molar-refractivity contribution in [2.45, 2.75) is 59.0 Å². The summed E-state index contributed by atoms with van der Waals surface area (Å²) in [6.07, 6.45) is -0.550. The zero-order valence-electron chi connectivity index (χ0n) is 25.5. The lowest BCUT2D eigenvalue weighted by atomic mass is 10.0. The fraction of sp³-hybridized carbons (Fsp3) is 0.333. The molecule has 0 radical (unpaired) electrons. The maximum absolute atomic E-state index is 13.7. The molecule has 44 heavy (non-hydrogen) atoms. The van der Waals surface area contributed by atoms with Crippen LogP contribution in [0.3, 0.4) is 0 Å². The van der Waals surface area contributed by atoms with Gasteiger partial charge in [0.25, 0.3) is 5.89 Å². The number of carbonyl (C=O) groups is 2. The monoisotopic (exact) mass is 600 g/mol. The molecule has 5 rings (SSSR count). The number of ether oxygens (including phenoxy) is 2. The molecule has 3 aromatic carbocycles. The smallest absolute Gasteiger partial charge is 0.458 e. The lowest BCUT2D eigenvalue weighted by molar-refractivity contribution is -0.178. The lowest BCUT2D eigenvalue weighted by Gasteiger charge is -2.29. The molecule has 11 heteroatoms. The highest BCUT2D eigenvalue weighted by molar-refractivity contribution is 5.91. The Morgan fingerprint density at radius 1 is 0.909 bits per heavy atom. The van der Waals surface area contributed by atoms with E-state index in [0.29, 0.717) is 60.5 Å². The molecular weight excluding hydrogens is 564 g/mol. The van der Waals surface area contributed by atoms with E-state index in [0.717, 1.165) is 16.7 Å². The molecule has 1 atom stereocenters. The van der Waals surface area contributed by atoms with Crippen LogP contribution in [0.1, 0.15) is 58.2 Å². The number of amides is 2. The SMILES string of the molecule is CCOc1ccccc1-c1nc(-c2cccc3c2CCC3N(C(=O)OOC(=O)NC(C)(C)C)c2ccccc2OCC)no1. The van der Waals surface area contributed by atoms with Crippen LogP contribution in [0.25, 0.3) is 22.8 Å². The Morgan fingerprint density at radius 3 is 2.34 bits per heavy atom. The average molecular weight is 601 g/mol. The van der Waals surface area contributed by atoms with Crippen molar-refractivity contribution in [2.24, 2.45) is 0 Å². The summed E-state index contributed by atoms with van der Waals surface area (Å²) in [7, 11) is 0. The van der Waals surface area contributed by atoms with Crippen LogP contribution in [0.5, 0.6) is 11.5 Å². The van der Waals surface area contributed by atoms with Crippen LogP contribution >= 0.6 is 0 Å². The van der Waals surface area contributed by atoms with Crippen LogP contribution < -0.4 is 19.7 Å². The topological polar surface area (TPSA) is 125 Å². The van der Waals surface area contributed by atoms with Gasteiger partial charge in [0.15, 0.2) is 0 Å². The van der Waals surface area contributed by atoms with Gasteiger partial charge < -0.3 is 19.3 Å². The first-order valence-electron chi connectivity index (χ1n) is 14.6. The van der Waals surface area contributed by atoms with Gasteiger partial charge in [-0.2, -0.15) is 4.98 Å². The van der Waals surface area contributed by atoms with Gasteiger partial charge in [-0.25, -0.2) is 19.4 Å². The van der Waals surface area contributed by atoms with E-state index >= 15 is 0 Å². The Hall–Kier alpha value is -5.06. The van der Waals surface area contributed by atoms with Gasteiger partial charge in [0.1, 0.15) is 11.5 Å². The second-order valence-corrected chi connectivity index (χ2v) is 11.1. The van der Waals surface area contributed by atoms with Crippen LogP contribution in [0.15, 0.2) is 71.3 Å². The number of nitrogens with zero attached hydrogens (tertiary/aromatic N) is 3. The van der Waals surface area contributed by atoms with Crippen molar-refractivity contribution in [1.82, 2.24) is 15.5 Å². The molecule has 1 aromatic heterocycles. The van der Waals surface area contributed by atoms with Gasteiger partial charge in [-0.3, -0.25) is 4.90 Å². The Bertz CT molecular complexity index is 1630. The minimum Gasteiger partial charge on any atom is -0.493 e. The number of hydrogen-bond donors (Lipinski definition) is 1. The van der Waals surface area contributed by atoms with Crippen LogP contribution in [-0.4, -0.2) is 41.1 Å². The summed E-state index contributed by atoms with van der Waals surface area (Å²) < 4.78 is 17.3. The fourth-order valence-corrected chi connectivity index (χ4v) is 5.24. The van der Waals surface area contributed by atoms with Crippen LogP contribution in [0.4, 0.5) is 15.3 Å². The first-order chi connectivity index (χ1) is 21.2. The Balaban J connectivity index is 1.49. The fourth-order valence-electron chi connectivity index (χ4n) is 5.24. The average Bonchev–Trinajstić information content (AvgIpc) is 3.65. The van der Waals surface area contributed by atoms with Crippen LogP contribution in [-0.2, 0) is 16.2 Å². The molecule has 0 saturated carbocycles. The third-order valence-corrected chi connectivity index (χ3v) is 6.92. The summed E-state index contributed by atoms with van der Waals surface area (Å²) in [6.45, 7) is 10.0. The molecule has 0 spiro atoms. The molecular formula is C33H36N4O7. The van der Waals surface area contributed by atoms with Gasteiger partial charge >= 0.3 is 12.2 Å². The van der Waals surface area contributed by atoms with Crippen LogP contribution in [0, 0.1) is 0 Å². The third-order valence-electron chi connectivity index (χ3n) is 6.92. The molecule has 11 nitrogen and oxygen atoms in total. The van der Waals surface area contributed by atoms with E-state index in [1.54, 1.807) is 39.0 Å². The van der Waals surface area contributed by atoms with Gasteiger partial charge in [-0.15, -0.1) is 0 Å². The number of anilines is 1. The van der Waals surface area contributed by atoms with E-state index in [-0.39, 0.29) is 0 Å². The summed E-state index contributed by atoms with van der Waals surface area (Å²) in [5.74, 6) is 1.92. The summed E-state index contributed by atoms with van der Waals surface area (Å²) in [5.41, 5.74) is 3.26. The summed E-state index contributed by atoms with van der Waals surface area (Å²) in [5, 5.41) is 6.90. The zero-order chi connectivity index (χ0) is 31.3.